The van der Waals surface area contributed by atoms with E-state index in [-0.39, 0.29) is 31.1 Å². The first-order valence-corrected chi connectivity index (χ1v) is 14.3. The van der Waals surface area contributed by atoms with Gasteiger partial charge in [-0.25, -0.2) is 4.79 Å². The van der Waals surface area contributed by atoms with E-state index < -0.39 is 85.7 Å². The molecule has 44 heavy (non-hydrogen) atoms. The number of aliphatic hydroxyl groups excluding tert-OH is 5. The van der Waals surface area contributed by atoms with Crippen LogP contribution in [0.4, 0.5) is 0 Å². The summed E-state index contributed by atoms with van der Waals surface area (Å²) in [5.41, 5.74) is -1.15. The topological polar surface area (TPSA) is 222 Å². The quantitative estimate of drug-likeness (QED) is 0.120. The number of aromatic hydroxyl groups is 1. The van der Waals surface area contributed by atoms with Crippen molar-refractivity contribution in [2.24, 2.45) is 17.8 Å². The predicted octanol–water partition coefficient (Wildman–Crippen LogP) is -0.677. The maximum Gasteiger partial charge on any atom is 0.331 e. The highest BCUT2D eigenvalue weighted by molar-refractivity contribution is 5.87. The molecule has 14 nitrogen and oxygen atoms in total. The molecule has 2 fully saturated rings. The van der Waals surface area contributed by atoms with E-state index in [2.05, 4.69) is 0 Å². The van der Waals surface area contributed by atoms with Crippen molar-refractivity contribution in [2.75, 3.05) is 19.8 Å². The fourth-order valence-electron chi connectivity index (χ4n) is 5.70. The average molecular weight is 625 g/mol. The van der Waals surface area contributed by atoms with Crippen LogP contribution >= 0.6 is 0 Å². The molecule has 1 aromatic rings. The third kappa shape index (κ3) is 7.41. The summed E-state index contributed by atoms with van der Waals surface area (Å²) in [6.45, 7) is 1.81. The molecule has 2 heterocycles. The Kier molecular flexibility index (Phi) is 11.0. The van der Waals surface area contributed by atoms with Gasteiger partial charge in [-0.15, -0.1) is 0 Å². The molecule has 1 saturated heterocycles. The summed E-state index contributed by atoms with van der Waals surface area (Å²) in [4.78, 5) is 25.3. The Morgan fingerprint density at radius 1 is 1.05 bits per heavy atom. The second kappa shape index (κ2) is 14.3. The summed E-state index contributed by atoms with van der Waals surface area (Å²) < 4.78 is 27.9. The Morgan fingerprint density at radius 2 is 1.75 bits per heavy atom. The molecule has 0 aromatic heterocycles. The van der Waals surface area contributed by atoms with Gasteiger partial charge in [0.15, 0.2) is 6.29 Å². The smallest absolute Gasteiger partial charge is 0.331 e. The minimum Gasteiger partial charge on any atom is -0.508 e. The van der Waals surface area contributed by atoms with Gasteiger partial charge in [0.25, 0.3) is 0 Å². The number of fused-ring (bicyclic) bond motifs is 1. The third-order valence-corrected chi connectivity index (χ3v) is 8.06. The minimum absolute atomic E-state index is 0.0331. The number of ether oxygens (including phenoxy) is 5. The predicted molar refractivity (Wildman–Crippen MR) is 149 cm³/mol. The lowest BCUT2D eigenvalue weighted by Crippen LogP contribution is -2.59. The van der Waals surface area contributed by atoms with Crippen molar-refractivity contribution in [3.63, 3.8) is 0 Å². The fourth-order valence-corrected chi connectivity index (χ4v) is 5.70. The first-order chi connectivity index (χ1) is 20.9. The van der Waals surface area contributed by atoms with E-state index >= 15 is 0 Å². The second-order valence-electron chi connectivity index (χ2n) is 11.7. The molecule has 0 unspecified atom stereocenters. The lowest BCUT2D eigenvalue weighted by Gasteiger charge is -2.41. The molecule has 0 bridgehead atoms. The maximum absolute atomic E-state index is 12.8. The molecular weight excluding hydrogens is 584 g/mol. The van der Waals surface area contributed by atoms with Crippen molar-refractivity contribution in [2.45, 2.75) is 75.4 Å². The first kappa shape index (κ1) is 33.8. The van der Waals surface area contributed by atoms with E-state index in [1.807, 2.05) is 13.8 Å². The zero-order valence-electron chi connectivity index (χ0n) is 24.3. The number of aliphatic hydroxyl groups is 6. The summed E-state index contributed by atoms with van der Waals surface area (Å²) in [6, 6.07) is 6.04. The lowest BCUT2D eigenvalue weighted by atomic mass is 9.80. The van der Waals surface area contributed by atoms with Gasteiger partial charge in [-0.3, -0.25) is 4.79 Å². The number of carbonyl (C=O) groups is 2. The molecule has 3 aliphatic rings. The van der Waals surface area contributed by atoms with Gasteiger partial charge in [0.2, 0.25) is 6.29 Å². The lowest BCUT2D eigenvalue weighted by molar-refractivity contribution is -0.299. The highest BCUT2D eigenvalue weighted by Gasteiger charge is 2.62. The van der Waals surface area contributed by atoms with Gasteiger partial charge in [0.1, 0.15) is 41.9 Å². The number of rotatable bonds is 11. The third-order valence-electron chi connectivity index (χ3n) is 8.06. The highest BCUT2D eigenvalue weighted by atomic mass is 16.7. The largest absolute Gasteiger partial charge is 0.508 e. The minimum atomic E-state index is -2.11. The first-order valence-electron chi connectivity index (χ1n) is 14.3. The van der Waals surface area contributed by atoms with Crippen molar-refractivity contribution in [3.8, 4) is 5.75 Å². The van der Waals surface area contributed by atoms with Crippen LogP contribution in [0.2, 0.25) is 0 Å². The Morgan fingerprint density at radius 3 is 2.39 bits per heavy atom. The molecule has 10 atom stereocenters. The summed E-state index contributed by atoms with van der Waals surface area (Å²) in [7, 11) is 0. The van der Waals surface area contributed by atoms with E-state index in [9.17, 15) is 45.3 Å². The number of carbonyl (C=O) groups excluding carboxylic acids is 2. The van der Waals surface area contributed by atoms with Crippen LogP contribution in [-0.4, -0.2) is 116 Å². The molecule has 0 spiro atoms. The Balaban J connectivity index is 1.54. The van der Waals surface area contributed by atoms with Crippen molar-refractivity contribution in [3.05, 3.63) is 47.7 Å². The number of phenols is 1. The highest BCUT2D eigenvalue weighted by Crippen LogP contribution is 2.50. The molecule has 1 saturated carbocycles. The Bertz CT molecular complexity index is 1200. The molecule has 0 radical (unpaired) electrons. The van der Waals surface area contributed by atoms with E-state index in [0.717, 1.165) is 6.08 Å². The van der Waals surface area contributed by atoms with Crippen molar-refractivity contribution in [1.29, 1.82) is 0 Å². The summed E-state index contributed by atoms with van der Waals surface area (Å²) in [5, 5.41) is 71.5. The normalized spacial score (nSPS) is 35.2. The van der Waals surface area contributed by atoms with Crippen molar-refractivity contribution >= 4 is 18.0 Å². The molecule has 1 aliphatic carbocycles. The molecule has 4 rings (SSSR count). The van der Waals surface area contributed by atoms with Gasteiger partial charge in [-0.05, 0) is 41.7 Å². The molecule has 244 valence electrons. The van der Waals surface area contributed by atoms with Crippen LogP contribution in [0.5, 0.6) is 5.75 Å². The summed E-state index contributed by atoms with van der Waals surface area (Å²) in [6.07, 6.45) is -6.33. The second-order valence-corrected chi connectivity index (χ2v) is 11.7. The average Bonchev–Trinajstić information content (AvgIpc) is 3.28. The van der Waals surface area contributed by atoms with Gasteiger partial charge in [-0.1, -0.05) is 26.0 Å². The number of benzene rings is 1. The van der Waals surface area contributed by atoms with Crippen LogP contribution in [0, 0.1) is 17.8 Å². The Hall–Kier alpha value is -3.08. The number of esters is 2. The number of hydrogen-bond donors (Lipinski definition) is 7. The standard InChI is InChI=1S/C30H40O14/c1-15(2)9-23(35)44-28-24-19(17(12-40-28)13-41-29-27(38)26(37)25(36)20(11-31)42-29)10-21(30(24,39)14-32)43-22(34)8-5-16-3-6-18(33)7-4-16/h3-8,12,15,19-21,24-29,31-33,36-39H,9-11,13-14H2,1-2H3/b8-5+/t19-,20+,21+,24-,25+,26-,27+,28+,29+,30-/m1/s1. The molecule has 1 aromatic carbocycles. The van der Waals surface area contributed by atoms with Crippen LogP contribution in [0.3, 0.4) is 0 Å². The van der Waals surface area contributed by atoms with Crippen LogP contribution in [-0.2, 0) is 33.3 Å². The monoisotopic (exact) mass is 624 g/mol. The van der Waals surface area contributed by atoms with Gasteiger partial charge >= 0.3 is 11.9 Å². The maximum atomic E-state index is 12.8. The molecule has 2 aliphatic heterocycles. The van der Waals surface area contributed by atoms with Crippen LogP contribution in [0.15, 0.2) is 42.2 Å². The van der Waals surface area contributed by atoms with Crippen LogP contribution in [0.1, 0.15) is 32.3 Å². The van der Waals surface area contributed by atoms with E-state index in [1.54, 1.807) is 12.1 Å². The number of hydrogen-bond acceptors (Lipinski definition) is 14. The van der Waals surface area contributed by atoms with Crippen molar-refractivity contribution in [1.82, 2.24) is 0 Å². The molecule has 14 heteroatoms. The molecular formula is C30H40O14. The van der Waals surface area contributed by atoms with Gasteiger partial charge < -0.3 is 59.4 Å². The zero-order chi connectivity index (χ0) is 32.2. The zero-order valence-corrected chi connectivity index (χ0v) is 24.3. The molecule has 0 amide bonds. The summed E-state index contributed by atoms with van der Waals surface area (Å²) >= 11 is 0. The van der Waals surface area contributed by atoms with Gasteiger partial charge in [-0.2, -0.15) is 0 Å². The van der Waals surface area contributed by atoms with Crippen molar-refractivity contribution < 1.29 is 69.0 Å². The van der Waals surface area contributed by atoms with E-state index in [1.165, 1.54) is 24.5 Å². The Labute approximate surface area is 253 Å². The SMILES string of the molecule is CC(C)CC(=O)O[C@@H]1OC=C(CO[C@H]2O[C@@H](CO)[C@H](O)[C@@H](O)[C@@H]2O)[C@H]2C[C@H](OC(=O)/C=C/c3ccc(O)cc3)[C@](O)(CO)[C@@H]12. The molecule has 7 N–H and O–H groups in total. The van der Waals surface area contributed by atoms with Crippen LogP contribution in [0.25, 0.3) is 6.08 Å². The number of phenolic OH excluding ortho intramolecular Hbond substituents is 1. The van der Waals surface area contributed by atoms with Gasteiger partial charge in [0, 0.05) is 18.4 Å². The van der Waals surface area contributed by atoms with E-state index in [0.29, 0.717) is 11.1 Å². The summed E-state index contributed by atoms with van der Waals surface area (Å²) in [5.74, 6) is -3.24. The van der Waals surface area contributed by atoms with Gasteiger partial charge in [0.05, 0.1) is 32.0 Å². The fraction of sp³-hybridized carbons (Fsp3) is 0.600. The van der Waals surface area contributed by atoms with Crippen LogP contribution < -0.4 is 0 Å². The van der Waals surface area contributed by atoms with E-state index in [4.69, 9.17) is 23.7 Å².